The van der Waals surface area contributed by atoms with E-state index in [-0.39, 0.29) is 17.7 Å². The molecule has 0 saturated heterocycles. The highest BCUT2D eigenvalue weighted by molar-refractivity contribution is 7.99. The molecule has 0 aliphatic carbocycles. The molecule has 0 bridgehead atoms. The van der Waals surface area contributed by atoms with Crippen molar-refractivity contribution in [2.24, 2.45) is 12.8 Å². The van der Waals surface area contributed by atoms with Crippen molar-refractivity contribution >= 4 is 23.5 Å². The highest BCUT2D eigenvalue weighted by Gasteiger charge is 2.12. The van der Waals surface area contributed by atoms with Crippen LogP contribution in [-0.2, 0) is 18.4 Å². The number of thioether (sulfide) groups is 1. The van der Waals surface area contributed by atoms with E-state index in [4.69, 9.17) is 5.73 Å². The molecule has 0 atom stereocenters. The van der Waals surface area contributed by atoms with Crippen LogP contribution in [0, 0.1) is 0 Å². The normalized spacial score (nSPS) is 11.1. The second-order valence-corrected chi connectivity index (χ2v) is 5.70. The van der Waals surface area contributed by atoms with Crippen molar-refractivity contribution in [3.63, 3.8) is 0 Å². The average Bonchev–Trinajstić information content (AvgIpc) is 3.03. The zero-order chi connectivity index (χ0) is 15.4. The van der Waals surface area contributed by atoms with Crippen molar-refractivity contribution in [2.45, 2.75) is 31.6 Å². The maximum atomic E-state index is 12.0. The fourth-order valence-corrected chi connectivity index (χ4v) is 2.51. The van der Waals surface area contributed by atoms with Gasteiger partial charge in [0.2, 0.25) is 5.91 Å². The standard InChI is InChI=1S/C12H19N7OS/c1-8(2)19-9(4-5-14-19)15-11(20)7-21-12-17-16-10(6-13)18(12)3/h4-5,8H,6-7,13H2,1-3H3,(H,15,20). The summed E-state index contributed by atoms with van der Waals surface area (Å²) >= 11 is 1.32. The minimum atomic E-state index is -0.111. The monoisotopic (exact) mass is 309 g/mol. The molecular formula is C12H19N7OS. The summed E-state index contributed by atoms with van der Waals surface area (Å²) in [5.41, 5.74) is 5.53. The van der Waals surface area contributed by atoms with Crippen LogP contribution in [0.5, 0.6) is 0 Å². The molecule has 114 valence electrons. The Kier molecular flexibility index (Phi) is 4.97. The van der Waals surface area contributed by atoms with Crippen LogP contribution in [0.3, 0.4) is 0 Å². The largest absolute Gasteiger partial charge is 0.324 e. The number of nitrogens with two attached hydrogens (primary N) is 1. The zero-order valence-electron chi connectivity index (χ0n) is 12.3. The molecule has 1 amide bonds. The quantitative estimate of drug-likeness (QED) is 0.764. The van der Waals surface area contributed by atoms with Crippen LogP contribution in [0.4, 0.5) is 5.82 Å². The van der Waals surface area contributed by atoms with Gasteiger partial charge >= 0.3 is 0 Å². The fourth-order valence-electron chi connectivity index (χ4n) is 1.78. The number of anilines is 1. The van der Waals surface area contributed by atoms with Crippen molar-refractivity contribution in [2.75, 3.05) is 11.1 Å². The summed E-state index contributed by atoms with van der Waals surface area (Å²) in [6.45, 7) is 4.33. The summed E-state index contributed by atoms with van der Waals surface area (Å²) in [6.07, 6.45) is 1.67. The predicted octanol–water partition coefficient (Wildman–Crippen LogP) is 0.782. The lowest BCUT2D eigenvalue weighted by Gasteiger charge is -2.11. The average molecular weight is 309 g/mol. The van der Waals surface area contributed by atoms with E-state index in [2.05, 4.69) is 20.6 Å². The Morgan fingerprint density at radius 3 is 2.86 bits per heavy atom. The molecule has 0 spiro atoms. The fraction of sp³-hybridized carbons (Fsp3) is 0.500. The van der Waals surface area contributed by atoms with Crippen LogP contribution in [-0.4, -0.2) is 36.2 Å². The topological polar surface area (TPSA) is 104 Å². The Morgan fingerprint density at radius 2 is 2.24 bits per heavy atom. The van der Waals surface area contributed by atoms with E-state index in [0.29, 0.717) is 23.3 Å². The minimum absolute atomic E-state index is 0.111. The minimum Gasteiger partial charge on any atom is -0.324 e. The van der Waals surface area contributed by atoms with Gasteiger partial charge in [-0.3, -0.25) is 4.79 Å². The lowest BCUT2D eigenvalue weighted by Crippen LogP contribution is -2.18. The molecule has 0 saturated carbocycles. The van der Waals surface area contributed by atoms with Gasteiger partial charge < -0.3 is 15.6 Å². The summed E-state index contributed by atoms with van der Waals surface area (Å²) in [5, 5.41) is 15.6. The molecule has 2 rings (SSSR count). The van der Waals surface area contributed by atoms with E-state index in [1.165, 1.54) is 11.8 Å². The molecule has 9 heteroatoms. The van der Waals surface area contributed by atoms with Crippen LogP contribution in [0.2, 0.25) is 0 Å². The Labute approximate surface area is 127 Å². The van der Waals surface area contributed by atoms with Crippen LogP contribution >= 0.6 is 11.8 Å². The SMILES string of the molecule is CC(C)n1nccc1NC(=O)CSc1nnc(CN)n1C. The smallest absolute Gasteiger partial charge is 0.235 e. The first kappa shape index (κ1) is 15.5. The number of amides is 1. The maximum Gasteiger partial charge on any atom is 0.235 e. The van der Waals surface area contributed by atoms with E-state index in [1.54, 1.807) is 21.5 Å². The molecular weight excluding hydrogens is 290 g/mol. The molecule has 0 aromatic carbocycles. The number of nitrogens with one attached hydrogen (secondary N) is 1. The van der Waals surface area contributed by atoms with Gasteiger partial charge in [0, 0.05) is 19.2 Å². The molecule has 2 aromatic rings. The van der Waals surface area contributed by atoms with E-state index in [1.807, 2.05) is 20.9 Å². The van der Waals surface area contributed by atoms with Crippen LogP contribution in [0.25, 0.3) is 0 Å². The number of rotatable bonds is 6. The molecule has 8 nitrogen and oxygen atoms in total. The zero-order valence-corrected chi connectivity index (χ0v) is 13.1. The number of carbonyl (C=O) groups excluding carboxylic acids is 1. The number of nitrogens with zero attached hydrogens (tertiary/aromatic N) is 5. The Morgan fingerprint density at radius 1 is 1.48 bits per heavy atom. The number of hydrogen-bond donors (Lipinski definition) is 2. The van der Waals surface area contributed by atoms with Crippen LogP contribution in [0.15, 0.2) is 17.4 Å². The Balaban J connectivity index is 1.93. The third-order valence-corrected chi connectivity index (χ3v) is 3.89. The summed E-state index contributed by atoms with van der Waals surface area (Å²) in [5.74, 6) is 1.52. The van der Waals surface area contributed by atoms with Gasteiger partial charge in [-0.1, -0.05) is 11.8 Å². The summed E-state index contributed by atoms with van der Waals surface area (Å²) in [7, 11) is 1.83. The highest BCUT2D eigenvalue weighted by Crippen LogP contribution is 2.17. The second-order valence-electron chi connectivity index (χ2n) is 4.75. The Hall–Kier alpha value is -1.87. The van der Waals surface area contributed by atoms with Gasteiger partial charge in [0.1, 0.15) is 11.6 Å². The first-order chi connectivity index (χ1) is 10.0. The van der Waals surface area contributed by atoms with E-state index < -0.39 is 0 Å². The van der Waals surface area contributed by atoms with Gasteiger partial charge in [-0.25, -0.2) is 4.68 Å². The maximum absolute atomic E-state index is 12.0. The molecule has 0 radical (unpaired) electrons. The van der Waals surface area contributed by atoms with E-state index >= 15 is 0 Å². The molecule has 3 N–H and O–H groups in total. The van der Waals surface area contributed by atoms with Gasteiger partial charge in [0.15, 0.2) is 5.16 Å². The predicted molar refractivity (Wildman–Crippen MR) is 80.9 cm³/mol. The molecule has 0 unspecified atom stereocenters. The summed E-state index contributed by atoms with van der Waals surface area (Å²) in [6, 6.07) is 1.96. The lowest BCUT2D eigenvalue weighted by atomic mass is 10.4. The van der Waals surface area contributed by atoms with E-state index in [9.17, 15) is 4.79 Å². The van der Waals surface area contributed by atoms with E-state index in [0.717, 1.165) is 0 Å². The summed E-state index contributed by atoms with van der Waals surface area (Å²) < 4.78 is 3.55. The van der Waals surface area contributed by atoms with Crippen molar-refractivity contribution in [1.29, 1.82) is 0 Å². The number of carbonyl (C=O) groups is 1. The number of hydrogen-bond acceptors (Lipinski definition) is 6. The van der Waals surface area contributed by atoms with Crippen molar-refractivity contribution in [3.8, 4) is 0 Å². The highest BCUT2D eigenvalue weighted by atomic mass is 32.2. The Bertz CT molecular complexity index is 619. The number of aromatic nitrogens is 5. The summed E-state index contributed by atoms with van der Waals surface area (Å²) in [4.78, 5) is 12.0. The molecule has 0 fully saturated rings. The van der Waals surface area contributed by atoms with Gasteiger partial charge in [-0.05, 0) is 13.8 Å². The molecule has 2 heterocycles. The second kappa shape index (κ2) is 6.72. The molecule has 0 aliphatic heterocycles. The molecule has 2 aromatic heterocycles. The molecule has 0 aliphatic rings. The van der Waals surface area contributed by atoms with Gasteiger partial charge in [-0.2, -0.15) is 5.10 Å². The first-order valence-corrected chi connectivity index (χ1v) is 7.56. The van der Waals surface area contributed by atoms with Gasteiger partial charge in [0.05, 0.1) is 18.5 Å². The van der Waals surface area contributed by atoms with Crippen LogP contribution in [0.1, 0.15) is 25.7 Å². The van der Waals surface area contributed by atoms with Crippen molar-refractivity contribution in [3.05, 3.63) is 18.1 Å². The van der Waals surface area contributed by atoms with Crippen LogP contribution < -0.4 is 11.1 Å². The van der Waals surface area contributed by atoms with Gasteiger partial charge in [0.25, 0.3) is 0 Å². The van der Waals surface area contributed by atoms with Gasteiger partial charge in [-0.15, -0.1) is 10.2 Å². The van der Waals surface area contributed by atoms with Crippen molar-refractivity contribution < 1.29 is 4.79 Å². The molecule has 21 heavy (non-hydrogen) atoms. The third-order valence-electron chi connectivity index (χ3n) is 2.87. The van der Waals surface area contributed by atoms with Crippen molar-refractivity contribution in [1.82, 2.24) is 24.5 Å². The lowest BCUT2D eigenvalue weighted by molar-refractivity contribution is -0.113. The first-order valence-electron chi connectivity index (χ1n) is 6.57. The third kappa shape index (κ3) is 3.61.